The van der Waals surface area contributed by atoms with E-state index in [1.165, 1.54) is 12.8 Å². The SMILES string of the molecule is C#CCN(CC1CC1)C(=O)C(C)N1CCNCC1. The lowest BCUT2D eigenvalue weighted by atomic mass is 10.2. The smallest absolute Gasteiger partial charge is 0.240 e. The van der Waals surface area contributed by atoms with Gasteiger partial charge in [-0.1, -0.05) is 5.92 Å². The summed E-state index contributed by atoms with van der Waals surface area (Å²) < 4.78 is 0. The van der Waals surface area contributed by atoms with Crippen LogP contribution in [-0.2, 0) is 4.79 Å². The fourth-order valence-corrected chi connectivity index (χ4v) is 2.44. The van der Waals surface area contributed by atoms with Crippen LogP contribution in [0.3, 0.4) is 0 Å². The topological polar surface area (TPSA) is 35.6 Å². The van der Waals surface area contributed by atoms with Gasteiger partial charge < -0.3 is 10.2 Å². The van der Waals surface area contributed by atoms with E-state index in [0.29, 0.717) is 12.5 Å². The van der Waals surface area contributed by atoms with Gasteiger partial charge in [-0.25, -0.2) is 0 Å². The van der Waals surface area contributed by atoms with Crippen molar-refractivity contribution in [1.82, 2.24) is 15.1 Å². The highest BCUT2D eigenvalue weighted by Gasteiger charge is 2.30. The van der Waals surface area contributed by atoms with Crippen LogP contribution in [0.1, 0.15) is 19.8 Å². The molecule has 1 aliphatic heterocycles. The molecule has 1 amide bonds. The minimum absolute atomic E-state index is 0.0424. The van der Waals surface area contributed by atoms with Gasteiger partial charge in [-0.05, 0) is 25.7 Å². The molecule has 2 aliphatic rings. The van der Waals surface area contributed by atoms with Gasteiger partial charge >= 0.3 is 0 Å². The molecule has 0 aromatic heterocycles. The number of nitrogens with zero attached hydrogens (tertiary/aromatic N) is 2. The van der Waals surface area contributed by atoms with Crippen LogP contribution < -0.4 is 5.32 Å². The molecular formula is C14H23N3O. The molecule has 1 heterocycles. The van der Waals surface area contributed by atoms with Gasteiger partial charge in [0.25, 0.3) is 0 Å². The molecule has 18 heavy (non-hydrogen) atoms. The van der Waals surface area contributed by atoms with Gasteiger partial charge in [0.15, 0.2) is 0 Å². The van der Waals surface area contributed by atoms with Crippen molar-refractivity contribution in [3.05, 3.63) is 0 Å². The highest BCUT2D eigenvalue weighted by Crippen LogP contribution is 2.29. The monoisotopic (exact) mass is 249 g/mol. The van der Waals surface area contributed by atoms with Gasteiger partial charge in [-0.15, -0.1) is 6.42 Å². The molecule has 4 nitrogen and oxygen atoms in total. The normalized spacial score (nSPS) is 22.2. The summed E-state index contributed by atoms with van der Waals surface area (Å²) in [4.78, 5) is 16.6. The van der Waals surface area contributed by atoms with Crippen molar-refractivity contribution in [2.75, 3.05) is 39.3 Å². The summed E-state index contributed by atoms with van der Waals surface area (Å²) >= 11 is 0. The highest BCUT2D eigenvalue weighted by atomic mass is 16.2. The third-order valence-electron chi connectivity index (χ3n) is 3.83. The van der Waals surface area contributed by atoms with Crippen molar-refractivity contribution < 1.29 is 4.79 Å². The maximum atomic E-state index is 12.5. The van der Waals surface area contributed by atoms with Gasteiger partial charge in [0.1, 0.15) is 0 Å². The van der Waals surface area contributed by atoms with E-state index in [2.05, 4.69) is 16.1 Å². The summed E-state index contributed by atoms with van der Waals surface area (Å²) in [5.41, 5.74) is 0. The van der Waals surface area contributed by atoms with Gasteiger partial charge in [0, 0.05) is 32.7 Å². The number of amides is 1. The van der Waals surface area contributed by atoms with Gasteiger partial charge in [0.05, 0.1) is 12.6 Å². The van der Waals surface area contributed by atoms with Gasteiger partial charge in [-0.2, -0.15) is 0 Å². The summed E-state index contributed by atoms with van der Waals surface area (Å²) in [5, 5.41) is 3.31. The third-order valence-corrected chi connectivity index (χ3v) is 3.83. The Balaban J connectivity index is 1.90. The Hall–Kier alpha value is -1.05. The molecule has 0 radical (unpaired) electrons. The minimum Gasteiger partial charge on any atom is -0.330 e. The van der Waals surface area contributed by atoms with E-state index in [4.69, 9.17) is 6.42 Å². The van der Waals surface area contributed by atoms with Gasteiger partial charge in [0.2, 0.25) is 5.91 Å². The molecule has 1 atom stereocenters. The molecule has 1 saturated carbocycles. The van der Waals surface area contributed by atoms with E-state index < -0.39 is 0 Å². The number of carbonyl (C=O) groups excluding carboxylic acids is 1. The van der Waals surface area contributed by atoms with Crippen LogP contribution in [0, 0.1) is 18.3 Å². The van der Waals surface area contributed by atoms with Crippen molar-refractivity contribution in [3.63, 3.8) is 0 Å². The Morgan fingerprint density at radius 1 is 1.50 bits per heavy atom. The molecule has 1 N–H and O–H groups in total. The maximum absolute atomic E-state index is 12.5. The van der Waals surface area contributed by atoms with Crippen molar-refractivity contribution in [2.24, 2.45) is 5.92 Å². The fraction of sp³-hybridized carbons (Fsp3) is 0.786. The summed E-state index contributed by atoms with van der Waals surface area (Å²) in [6, 6.07) is -0.0424. The number of hydrogen-bond acceptors (Lipinski definition) is 3. The predicted molar refractivity (Wildman–Crippen MR) is 72.0 cm³/mol. The van der Waals surface area contributed by atoms with Crippen molar-refractivity contribution in [2.45, 2.75) is 25.8 Å². The Labute approximate surface area is 110 Å². The Bertz CT molecular complexity index is 326. The number of rotatable bonds is 5. The molecule has 4 heteroatoms. The second-order valence-electron chi connectivity index (χ2n) is 5.33. The second kappa shape index (κ2) is 6.21. The zero-order valence-corrected chi connectivity index (χ0v) is 11.2. The highest BCUT2D eigenvalue weighted by molar-refractivity contribution is 5.81. The van der Waals surface area contributed by atoms with Crippen LogP contribution in [0.5, 0.6) is 0 Å². The van der Waals surface area contributed by atoms with Crippen LogP contribution in [0.2, 0.25) is 0 Å². The van der Waals surface area contributed by atoms with E-state index in [0.717, 1.165) is 32.7 Å². The number of nitrogens with one attached hydrogen (secondary N) is 1. The molecule has 2 fully saturated rings. The zero-order chi connectivity index (χ0) is 13.0. The molecule has 1 aliphatic carbocycles. The first-order valence-corrected chi connectivity index (χ1v) is 6.89. The van der Waals surface area contributed by atoms with Gasteiger partial charge in [-0.3, -0.25) is 9.69 Å². The Kier molecular flexibility index (Phi) is 4.62. The lowest BCUT2D eigenvalue weighted by Gasteiger charge is -2.34. The van der Waals surface area contributed by atoms with Crippen LogP contribution in [0.25, 0.3) is 0 Å². The zero-order valence-electron chi connectivity index (χ0n) is 11.2. The van der Waals surface area contributed by atoms with Crippen molar-refractivity contribution >= 4 is 5.91 Å². The van der Waals surface area contributed by atoms with Crippen molar-refractivity contribution in [3.8, 4) is 12.3 Å². The first-order chi connectivity index (χ1) is 8.72. The molecule has 100 valence electrons. The minimum atomic E-state index is -0.0424. The van der Waals surface area contributed by atoms with E-state index in [9.17, 15) is 4.79 Å². The second-order valence-corrected chi connectivity index (χ2v) is 5.33. The summed E-state index contributed by atoms with van der Waals surface area (Å²) in [6.45, 7) is 7.13. The molecule has 0 bridgehead atoms. The van der Waals surface area contributed by atoms with Crippen LogP contribution in [-0.4, -0.2) is 61.0 Å². The summed E-state index contributed by atoms with van der Waals surface area (Å²) in [5.74, 6) is 3.50. The Morgan fingerprint density at radius 3 is 2.72 bits per heavy atom. The summed E-state index contributed by atoms with van der Waals surface area (Å²) in [6.07, 6.45) is 7.87. The Morgan fingerprint density at radius 2 is 2.17 bits per heavy atom. The van der Waals surface area contributed by atoms with E-state index in [1.54, 1.807) is 0 Å². The van der Waals surface area contributed by atoms with E-state index in [1.807, 2.05) is 11.8 Å². The molecular weight excluding hydrogens is 226 g/mol. The standard InChI is InChI=1S/C14H23N3O/c1-3-8-17(11-13-4-5-13)14(18)12(2)16-9-6-15-7-10-16/h1,12-13,15H,4-11H2,2H3. The molecule has 0 aromatic carbocycles. The van der Waals surface area contributed by atoms with Crippen molar-refractivity contribution in [1.29, 1.82) is 0 Å². The van der Waals surface area contributed by atoms with E-state index in [-0.39, 0.29) is 11.9 Å². The lowest BCUT2D eigenvalue weighted by Crippen LogP contribution is -2.53. The third kappa shape index (κ3) is 3.47. The van der Waals surface area contributed by atoms with Crippen LogP contribution >= 0.6 is 0 Å². The predicted octanol–water partition coefficient (Wildman–Crippen LogP) is 0.152. The first kappa shape index (κ1) is 13.4. The molecule has 2 rings (SSSR count). The van der Waals surface area contributed by atoms with Crippen LogP contribution in [0.4, 0.5) is 0 Å². The number of piperazine rings is 1. The van der Waals surface area contributed by atoms with E-state index >= 15 is 0 Å². The molecule has 0 aromatic rings. The summed E-state index contributed by atoms with van der Waals surface area (Å²) in [7, 11) is 0. The fourth-order valence-electron chi connectivity index (χ4n) is 2.44. The van der Waals surface area contributed by atoms with Crippen LogP contribution in [0.15, 0.2) is 0 Å². The molecule has 0 spiro atoms. The number of carbonyl (C=O) groups is 1. The molecule has 1 saturated heterocycles. The number of hydrogen-bond donors (Lipinski definition) is 1. The first-order valence-electron chi connectivity index (χ1n) is 6.89. The molecule has 1 unspecified atom stereocenters. The lowest BCUT2D eigenvalue weighted by molar-refractivity contribution is -0.136. The average molecular weight is 249 g/mol. The maximum Gasteiger partial charge on any atom is 0.240 e. The average Bonchev–Trinajstić information content (AvgIpc) is 3.21. The number of terminal acetylenes is 1. The quantitative estimate of drug-likeness (QED) is 0.705. The largest absolute Gasteiger partial charge is 0.330 e.